The molecule has 0 spiro atoms. The average Bonchev–Trinajstić information content (AvgIpc) is 2.46. The maximum Gasteiger partial charge on any atom is 0.310 e. The standard InChI is InChI=1S/C18H24O2/c1-4-15(2)16(3)10-8-9-13-20-18(19)14-17-11-6-5-7-12-17/h4-7,10-12H,8-9,13-14H2,1-3H3/b15-4+,16-10+. The third-order valence-corrected chi connectivity index (χ3v) is 3.31. The Kier molecular flexibility index (Phi) is 7.41. The Bertz CT molecular complexity index is 469. The van der Waals surface area contributed by atoms with Gasteiger partial charge in [0.15, 0.2) is 0 Å². The maximum atomic E-state index is 11.6. The summed E-state index contributed by atoms with van der Waals surface area (Å²) >= 11 is 0. The van der Waals surface area contributed by atoms with Gasteiger partial charge in [0.1, 0.15) is 0 Å². The molecule has 1 aromatic rings. The van der Waals surface area contributed by atoms with Crippen LogP contribution in [0.5, 0.6) is 0 Å². The van der Waals surface area contributed by atoms with E-state index >= 15 is 0 Å². The smallest absolute Gasteiger partial charge is 0.310 e. The molecule has 0 aliphatic heterocycles. The van der Waals surface area contributed by atoms with Crippen molar-refractivity contribution in [3.05, 3.63) is 59.2 Å². The van der Waals surface area contributed by atoms with Crippen LogP contribution in [0.3, 0.4) is 0 Å². The van der Waals surface area contributed by atoms with Crippen molar-refractivity contribution in [3.63, 3.8) is 0 Å². The number of carbonyl (C=O) groups is 1. The summed E-state index contributed by atoms with van der Waals surface area (Å²) in [6.45, 7) is 6.74. The minimum Gasteiger partial charge on any atom is -0.465 e. The Labute approximate surface area is 122 Å². The average molecular weight is 272 g/mol. The predicted molar refractivity (Wildman–Crippen MR) is 83.5 cm³/mol. The topological polar surface area (TPSA) is 26.3 Å². The third kappa shape index (κ3) is 6.37. The molecule has 0 unspecified atom stereocenters. The van der Waals surface area contributed by atoms with Gasteiger partial charge in [-0.1, -0.05) is 53.6 Å². The molecule has 108 valence electrons. The molecular weight excluding hydrogens is 248 g/mol. The molecule has 2 heteroatoms. The van der Waals surface area contributed by atoms with Gasteiger partial charge in [0.05, 0.1) is 13.0 Å². The normalized spacial score (nSPS) is 12.3. The number of esters is 1. The molecular formula is C18H24O2. The zero-order valence-corrected chi connectivity index (χ0v) is 12.7. The molecule has 0 bridgehead atoms. The van der Waals surface area contributed by atoms with Crippen molar-refractivity contribution in [1.82, 2.24) is 0 Å². The molecule has 0 aromatic heterocycles. The number of hydrogen-bond donors (Lipinski definition) is 0. The fourth-order valence-corrected chi connectivity index (χ4v) is 1.79. The molecule has 1 aromatic carbocycles. The summed E-state index contributed by atoms with van der Waals surface area (Å²) in [7, 11) is 0. The summed E-state index contributed by atoms with van der Waals surface area (Å²) < 4.78 is 5.23. The van der Waals surface area contributed by atoms with Crippen molar-refractivity contribution < 1.29 is 9.53 Å². The highest BCUT2D eigenvalue weighted by Gasteiger charge is 2.03. The van der Waals surface area contributed by atoms with Crippen LogP contribution in [0.2, 0.25) is 0 Å². The largest absolute Gasteiger partial charge is 0.465 e. The van der Waals surface area contributed by atoms with E-state index < -0.39 is 0 Å². The first-order valence-corrected chi connectivity index (χ1v) is 7.13. The lowest BCUT2D eigenvalue weighted by Crippen LogP contribution is -2.08. The van der Waals surface area contributed by atoms with Crippen molar-refractivity contribution in [3.8, 4) is 0 Å². The van der Waals surface area contributed by atoms with Crippen LogP contribution in [0.1, 0.15) is 39.2 Å². The number of carbonyl (C=O) groups excluding carboxylic acids is 1. The Balaban J connectivity index is 2.20. The number of benzene rings is 1. The summed E-state index contributed by atoms with van der Waals surface area (Å²) in [5.41, 5.74) is 3.59. The molecule has 1 rings (SSSR count). The fourth-order valence-electron chi connectivity index (χ4n) is 1.79. The summed E-state index contributed by atoms with van der Waals surface area (Å²) in [5.74, 6) is -0.151. The number of rotatable bonds is 7. The summed E-state index contributed by atoms with van der Waals surface area (Å²) in [6, 6.07) is 9.68. The molecule has 0 amide bonds. The van der Waals surface area contributed by atoms with Gasteiger partial charge in [0.2, 0.25) is 0 Å². The molecule has 0 aliphatic carbocycles. The number of allylic oxidation sites excluding steroid dienone is 4. The Morgan fingerprint density at radius 2 is 1.85 bits per heavy atom. The molecule has 0 fully saturated rings. The first-order chi connectivity index (χ1) is 9.63. The van der Waals surface area contributed by atoms with E-state index in [-0.39, 0.29) is 5.97 Å². The highest BCUT2D eigenvalue weighted by molar-refractivity contribution is 5.72. The van der Waals surface area contributed by atoms with Crippen molar-refractivity contribution in [2.75, 3.05) is 6.61 Å². The second-order valence-electron chi connectivity index (χ2n) is 4.88. The van der Waals surface area contributed by atoms with Crippen molar-refractivity contribution in [2.24, 2.45) is 0 Å². The van der Waals surface area contributed by atoms with E-state index in [0.717, 1.165) is 18.4 Å². The lowest BCUT2D eigenvalue weighted by atomic mass is 10.1. The van der Waals surface area contributed by atoms with Crippen LogP contribution in [-0.4, -0.2) is 12.6 Å². The van der Waals surface area contributed by atoms with Crippen molar-refractivity contribution >= 4 is 5.97 Å². The monoisotopic (exact) mass is 272 g/mol. The van der Waals surface area contributed by atoms with E-state index in [0.29, 0.717) is 13.0 Å². The van der Waals surface area contributed by atoms with E-state index in [2.05, 4.69) is 26.0 Å². The van der Waals surface area contributed by atoms with Crippen LogP contribution in [0.25, 0.3) is 0 Å². The molecule has 20 heavy (non-hydrogen) atoms. The summed E-state index contributed by atoms with van der Waals surface area (Å²) in [4.78, 5) is 11.6. The van der Waals surface area contributed by atoms with Crippen LogP contribution in [0.4, 0.5) is 0 Å². The minimum absolute atomic E-state index is 0.151. The summed E-state index contributed by atoms with van der Waals surface area (Å²) in [5, 5.41) is 0. The molecule has 0 atom stereocenters. The van der Waals surface area contributed by atoms with E-state index in [9.17, 15) is 4.79 Å². The van der Waals surface area contributed by atoms with Gasteiger partial charge in [0, 0.05) is 0 Å². The van der Waals surface area contributed by atoms with Gasteiger partial charge in [-0.2, -0.15) is 0 Å². The first kappa shape index (κ1) is 16.2. The molecule has 0 heterocycles. The highest BCUT2D eigenvalue weighted by Crippen LogP contribution is 2.09. The molecule has 0 aliphatic rings. The van der Waals surface area contributed by atoms with Crippen LogP contribution >= 0.6 is 0 Å². The van der Waals surface area contributed by atoms with Gasteiger partial charge >= 0.3 is 5.97 Å². The number of hydrogen-bond acceptors (Lipinski definition) is 2. The lowest BCUT2D eigenvalue weighted by Gasteiger charge is -2.04. The fraction of sp³-hybridized carbons (Fsp3) is 0.389. The van der Waals surface area contributed by atoms with E-state index in [1.165, 1.54) is 11.1 Å². The van der Waals surface area contributed by atoms with Crippen molar-refractivity contribution in [1.29, 1.82) is 0 Å². The van der Waals surface area contributed by atoms with E-state index in [1.54, 1.807) is 0 Å². The van der Waals surface area contributed by atoms with Crippen LogP contribution in [0.15, 0.2) is 53.6 Å². The zero-order chi connectivity index (χ0) is 14.8. The maximum absolute atomic E-state index is 11.6. The Morgan fingerprint density at radius 1 is 1.15 bits per heavy atom. The van der Waals surface area contributed by atoms with Gasteiger partial charge in [-0.25, -0.2) is 0 Å². The Hall–Kier alpha value is -1.83. The van der Waals surface area contributed by atoms with Gasteiger partial charge in [-0.3, -0.25) is 4.79 Å². The third-order valence-electron chi connectivity index (χ3n) is 3.31. The second-order valence-corrected chi connectivity index (χ2v) is 4.88. The minimum atomic E-state index is -0.151. The molecule has 0 saturated carbocycles. The first-order valence-electron chi connectivity index (χ1n) is 7.13. The molecule has 2 nitrogen and oxygen atoms in total. The zero-order valence-electron chi connectivity index (χ0n) is 12.7. The van der Waals surface area contributed by atoms with Gasteiger partial charge < -0.3 is 4.74 Å². The Morgan fingerprint density at radius 3 is 2.50 bits per heavy atom. The van der Waals surface area contributed by atoms with Gasteiger partial charge in [-0.15, -0.1) is 0 Å². The van der Waals surface area contributed by atoms with E-state index in [4.69, 9.17) is 4.74 Å². The molecule has 0 N–H and O–H groups in total. The SMILES string of the molecule is C/C=C(C)/C(C)=C/CCCOC(=O)Cc1ccccc1. The quantitative estimate of drug-likeness (QED) is 0.416. The van der Waals surface area contributed by atoms with Crippen molar-refractivity contribution in [2.45, 2.75) is 40.0 Å². The van der Waals surface area contributed by atoms with Gasteiger partial charge in [0.25, 0.3) is 0 Å². The van der Waals surface area contributed by atoms with Gasteiger partial charge in [-0.05, 0) is 39.2 Å². The van der Waals surface area contributed by atoms with Crippen LogP contribution < -0.4 is 0 Å². The summed E-state index contributed by atoms with van der Waals surface area (Å²) in [6.07, 6.45) is 6.46. The van der Waals surface area contributed by atoms with Crippen LogP contribution in [-0.2, 0) is 16.0 Å². The van der Waals surface area contributed by atoms with Crippen LogP contribution in [0, 0.1) is 0 Å². The predicted octanol–water partition coefficient (Wildman–Crippen LogP) is 4.47. The molecule has 0 saturated heterocycles. The lowest BCUT2D eigenvalue weighted by molar-refractivity contribution is -0.142. The number of ether oxygens (including phenoxy) is 1. The number of unbranched alkanes of at least 4 members (excludes halogenated alkanes) is 1. The highest BCUT2D eigenvalue weighted by atomic mass is 16.5. The second kappa shape index (κ2) is 9.13. The molecule has 0 radical (unpaired) electrons. The van der Waals surface area contributed by atoms with E-state index in [1.807, 2.05) is 37.3 Å².